The maximum atomic E-state index is 14.1. The van der Waals surface area contributed by atoms with Crippen LogP contribution in [0.2, 0.25) is 0 Å². The van der Waals surface area contributed by atoms with Crippen LogP contribution in [0.4, 0.5) is 28.7 Å². The van der Waals surface area contributed by atoms with E-state index >= 15 is 0 Å². The van der Waals surface area contributed by atoms with Crippen LogP contribution in [0.3, 0.4) is 0 Å². The predicted molar refractivity (Wildman–Crippen MR) is 183 cm³/mol. The molecule has 1 aromatic carbocycles. The van der Waals surface area contributed by atoms with Gasteiger partial charge in [0.25, 0.3) is 0 Å². The molecule has 3 saturated heterocycles. The Morgan fingerprint density at radius 1 is 1.00 bits per heavy atom. The minimum Gasteiger partial charge on any atom is -0.397 e. The number of rotatable bonds is 7. The van der Waals surface area contributed by atoms with E-state index in [1.165, 1.54) is 17.4 Å². The van der Waals surface area contributed by atoms with Gasteiger partial charge in [0.15, 0.2) is 0 Å². The zero-order valence-corrected chi connectivity index (χ0v) is 29.6. The lowest BCUT2D eigenvalue weighted by atomic mass is 9.78. The summed E-state index contributed by atoms with van der Waals surface area (Å²) in [7, 11) is 2.14. The highest BCUT2D eigenvalue weighted by atomic mass is 79.9. The second-order valence-corrected chi connectivity index (χ2v) is 15.7. The van der Waals surface area contributed by atoms with Crippen LogP contribution in [0.25, 0.3) is 0 Å². The third-order valence-electron chi connectivity index (χ3n) is 10.9. The summed E-state index contributed by atoms with van der Waals surface area (Å²) in [5.74, 6) is 0.0197. The lowest BCUT2D eigenvalue weighted by molar-refractivity contribution is -0.143. The summed E-state index contributed by atoms with van der Waals surface area (Å²) in [6.45, 7) is 4.78. The van der Waals surface area contributed by atoms with Crippen molar-refractivity contribution < 1.29 is 27.6 Å². The number of halogens is 4. The minimum atomic E-state index is -4.66. The fraction of sp³-hybridized carbons (Fsp3) is 0.618. The number of nitrogens with two attached hydrogens (primary N) is 1. The van der Waals surface area contributed by atoms with Gasteiger partial charge in [-0.05, 0) is 122 Å². The molecule has 0 aliphatic carbocycles. The van der Waals surface area contributed by atoms with Crippen molar-refractivity contribution >= 4 is 55.8 Å². The van der Waals surface area contributed by atoms with E-state index in [2.05, 4.69) is 33.2 Å². The zero-order valence-electron chi connectivity index (χ0n) is 27.2. The maximum absolute atomic E-state index is 14.1. The maximum Gasteiger partial charge on any atom is 0.418 e. The van der Waals surface area contributed by atoms with Crippen molar-refractivity contribution in [3.05, 3.63) is 44.7 Å². The van der Waals surface area contributed by atoms with Gasteiger partial charge in [0, 0.05) is 48.7 Å². The number of nitrogen functional groups attached to an aromatic ring is 1. The van der Waals surface area contributed by atoms with Crippen LogP contribution in [-0.4, -0.2) is 89.8 Å². The van der Waals surface area contributed by atoms with Gasteiger partial charge >= 0.3 is 12.2 Å². The summed E-state index contributed by atoms with van der Waals surface area (Å²) in [5.41, 5.74) is 5.79. The summed E-state index contributed by atoms with van der Waals surface area (Å²) in [5, 5.41) is 5.79. The molecule has 14 heteroatoms. The van der Waals surface area contributed by atoms with Crippen molar-refractivity contribution in [1.82, 2.24) is 19.6 Å². The molecule has 5 heterocycles. The van der Waals surface area contributed by atoms with Gasteiger partial charge in [0.1, 0.15) is 5.00 Å². The standard InChI is InChI=1S/C34H44BrF3N6O3S/c1-41-9-2-22(3-10-41)23-4-11-43(12-5-23)32(46)25(16-21-17-27(34(36,37)38)30(39)28(35)18-21)19-29(45)42-13-6-26(7-14-42)44-20-24-8-15-48-31(24)40-33(44)47/h8,15,17-18,22-23,25-26H,2-7,9-14,16,19-20,39H2,1H3,(H,40,47)/t25-/m0/s1. The Morgan fingerprint density at radius 3 is 2.27 bits per heavy atom. The lowest BCUT2D eigenvalue weighted by Crippen LogP contribution is -2.51. The number of carbonyl (C=O) groups is 3. The summed E-state index contributed by atoms with van der Waals surface area (Å²) >= 11 is 4.68. The molecule has 4 amide bonds. The zero-order chi connectivity index (χ0) is 34.2. The van der Waals surface area contributed by atoms with Gasteiger partial charge in [-0.2, -0.15) is 13.2 Å². The molecule has 0 unspecified atom stereocenters. The van der Waals surface area contributed by atoms with Gasteiger partial charge in [-0.3, -0.25) is 14.9 Å². The number of hydrogen-bond donors (Lipinski definition) is 2. The first-order valence-corrected chi connectivity index (χ1v) is 18.6. The van der Waals surface area contributed by atoms with Crippen LogP contribution in [0.5, 0.6) is 0 Å². The first kappa shape index (κ1) is 35.0. The molecule has 9 nitrogen and oxygen atoms in total. The van der Waals surface area contributed by atoms with Crippen molar-refractivity contribution in [2.24, 2.45) is 17.8 Å². The number of anilines is 2. The van der Waals surface area contributed by atoms with E-state index in [0.29, 0.717) is 63.0 Å². The average Bonchev–Trinajstić information content (AvgIpc) is 3.52. The number of thiophene rings is 1. The molecule has 0 saturated carbocycles. The largest absolute Gasteiger partial charge is 0.418 e. The molecular formula is C34H44BrF3N6O3S. The fourth-order valence-electron chi connectivity index (χ4n) is 7.96. The molecule has 0 radical (unpaired) electrons. The molecular weight excluding hydrogens is 709 g/mol. The number of alkyl halides is 3. The van der Waals surface area contributed by atoms with E-state index in [1.807, 2.05) is 21.2 Å². The molecule has 3 fully saturated rings. The van der Waals surface area contributed by atoms with E-state index in [1.54, 1.807) is 4.90 Å². The van der Waals surface area contributed by atoms with Crippen LogP contribution in [0.1, 0.15) is 61.6 Å². The van der Waals surface area contributed by atoms with Crippen LogP contribution in [-0.2, 0) is 28.7 Å². The monoisotopic (exact) mass is 752 g/mol. The molecule has 4 aliphatic heterocycles. The van der Waals surface area contributed by atoms with Crippen LogP contribution >= 0.6 is 27.3 Å². The molecule has 1 atom stereocenters. The van der Waals surface area contributed by atoms with E-state index in [9.17, 15) is 27.6 Å². The number of likely N-dealkylation sites (tertiary alicyclic amines) is 3. The van der Waals surface area contributed by atoms with E-state index in [0.717, 1.165) is 55.4 Å². The van der Waals surface area contributed by atoms with Gasteiger partial charge in [-0.15, -0.1) is 11.3 Å². The third-order valence-corrected chi connectivity index (χ3v) is 12.4. The molecule has 0 spiro atoms. The second kappa shape index (κ2) is 14.6. The Kier molecular flexibility index (Phi) is 10.6. The van der Waals surface area contributed by atoms with Crippen LogP contribution < -0.4 is 11.1 Å². The Morgan fingerprint density at radius 2 is 1.62 bits per heavy atom. The summed E-state index contributed by atoms with van der Waals surface area (Å²) in [6, 6.07) is 4.39. The first-order chi connectivity index (χ1) is 22.9. The Balaban J connectivity index is 1.13. The highest BCUT2D eigenvalue weighted by Gasteiger charge is 2.38. The number of benzene rings is 1. The molecule has 3 N–H and O–H groups in total. The summed E-state index contributed by atoms with van der Waals surface area (Å²) in [6.07, 6.45) is 0.589. The number of fused-ring (bicyclic) bond motifs is 1. The van der Waals surface area contributed by atoms with E-state index in [4.69, 9.17) is 5.73 Å². The topological polar surface area (TPSA) is 102 Å². The Labute approximate surface area is 292 Å². The van der Waals surface area contributed by atoms with Crippen molar-refractivity contribution in [2.75, 3.05) is 57.4 Å². The fourth-order valence-corrected chi connectivity index (χ4v) is 9.27. The number of piperidine rings is 3. The van der Waals surface area contributed by atoms with Gasteiger partial charge < -0.3 is 25.3 Å². The van der Waals surface area contributed by atoms with E-state index in [-0.39, 0.29) is 41.2 Å². The normalized spacial score (nSPS) is 21.3. The first-order valence-electron chi connectivity index (χ1n) is 16.9. The molecule has 4 aliphatic rings. The van der Waals surface area contributed by atoms with Crippen LogP contribution in [0.15, 0.2) is 28.1 Å². The minimum absolute atomic E-state index is 0.00515. The SMILES string of the molecule is CN1CCC(C2CCN(C(=O)[C@H](CC(=O)N3CCC(N4Cc5ccsc5NC4=O)CC3)Cc3cc(Br)c(N)c(C(F)(F)F)c3)CC2)CC1. The van der Waals surface area contributed by atoms with Crippen molar-refractivity contribution in [3.63, 3.8) is 0 Å². The van der Waals surface area contributed by atoms with Gasteiger partial charge in [-0.25, -0.2) is 4.79 Å². The number of hydrogen-bond acceptors (Lipinski definition) is 6. The number of carbonyl (C=O) groups excluding carboxylic acids is 3. The summed E-state index contributed by atoms with van der Waals surface area (Å²) in [4.78, 5) is 48.4. The van der Waals surface area contributed by atoms with Gasteiger partial charge in [-0.1, -0.05) is 0 Å². The van der Waals surface area contributed by atoms with Crippen LogP contribution in [0, 0.1) is 17.8 Å². The smallest absolute Gasteiger partial charge is 0.397 e. The van der Waals surface area contributed by atoms with Crippen molar-refractivity contribution in [1.29, 1.82) is 0 Å². The number of nitrogens with zero attached hydrogens (tertiary/aromatic N) is 4. The van der Waals surface area contributed by atoms with E-state index < -0.39 is 23.3 Å². The van der Waals surface area contributed by atoms with Crippen molar-refractivity contribution in [3.8, 4) is 0 Å². The quantitative estimate of drug-likeness (QED) is 0.325. The lowest BCUT2D eigenvalue weighted by Gasteiger charge is -2.41. The Hall–Kier alpha value is -2.84. The molecule has 48 heavy (non-hydrogen) atoms. The molecule has 6 rings (SSSR count). The summed E-state index contributed by atoms with van der Waals surface area (Å²) < 4.78 is 41.6. The molecule has 262 valence electrons. The molecule has 1 aromatic heterocycles. The van der Waals surface area contributed by atoms with Gasteiger partial charge in [0.2, 0.25) is 11.8 Å². The molecule has 0 bridgehead atoms. The number of amides is 4. The Bertz CT molecular complexity index is 1500. The number of nitrogens with one attached hydrogen (secondary N) is 1. The highest BCUT2D eigenvalue weighted by Crippen LogP contribution is 2.39. The average molecular weight is 754 g/mol. The number of urea groups is 1. The third kappa shape index (κ3) is 7.80. The van der Waals surface area contributed by atoms with Gasteiger partial charge in [0.05, 0.1) is 23.7 Å². The molecule has 2 aromatic rings. The van der Waals surface area contributed by atoms with Crippen molar-refractivity contribution in [2.45, 2.75) is 70.1 Å². The predicted octanol–water partition coefficient (Wildman–Crippen LogP) is 6.28. The second-order valence-electron chi connectivity index (χ2n) is 13.9. The highest BCUT2D eigenvalue weighted by molar-refractivity contribution is 9.10.